The summed E-state index contributed by atoms with van der Waals surface area (Å²) in [5, 5.41) is 18.4. The van der Waals surface area contributed by atoms with Gasteiger partial charge < -0.3 is 19.7 Å². The van der Waals surface area contributed by atoms with E-state index < -0.39 is 0 Å². The first-order chi connectivity index (χ1) is 18.0. The fourth-order valence-electron chi connectivity index (χ4n) is 5.10. The molecular weight excluding hydrogens is 460 g/mol. The van der Waals surface area contributed by atoms with Crippen molar-refractivity contribution in [3.63, 3.8) is 0 Å². The van der Waals surface area contributed by atoms with Crippen molar-refractivity contribution in [3.05, 3.63) is 72.3 Å². The average Bonchev–Trinajstić information content (AvgIpc) is 2.93. The lowest BCUT2D eigenvalue weighted by Gasteiger charge is -2.29. The van der Waals surface area contributed by atoms with E-state index >= 15 is 0 Å². The standard InChI is InChI=1S/C33H46O4/c1-4-5-6-7-27-8-10-28(11-9-27)29-12-14-30(15-13-29)31-20-32(36-18-16-25(2)23-34)22-33(21-31)37-19-17-26(3)24-35/h12-15,20-22,27-28,34-35H,2-11,16-19,23-24H2,1H3. The van der Waals surface area contributed by atoms with Gasteiger partial charge in [0.05, 0.1) is 26.4 Å². The highest BCUT2D eigenvalue weighted by atomic mass is 16.5. The van der Waals surface area contributed by atoms with Crippen LogP contribution in [-0.4, -0.2) is 36.6 Å². The highest BCUT2D eigenvalue weighted by molar-refractivity contribution is 5.67. The summed E-state index contributed by atoms with van der Waals surface area (Å²) in [7, 11) is 0. The summed E-state index contributed by atoms with van der Waals surface area (Å²) in [6, 6.07) is 15.0. The SMILES string of the molecule is C=C(CO)CCOc1cc(OCCC(=C)CO)cc(-c2ccc(C3CCC(CCCCC)CC3)cc2)c1. The van der Waals surface area contributed by atoms with E-state index in [2.05, 4.69) is 44.3 Å². The van der Waals surface area contributed by atoms with E-state index in [4.69, 9.17) is 9.47 Å². The molecule has 1 aliphatic rings. The number of aliphatic hydroxyl groups is 2. The van der Waals surface area contributed by atoms with Gasteiger partial charge in [-0.25, -0.2) is 0 Å². The molecule has 0 radical (unpaired) electrons. The third-order valence-corrected chi connectivity index (χ3v) is 7.55. The van der Waals surface area contributed by atoms with Crippen LogP contribution in [0.4, 0.5) is 0 Å². The fourth-order valence-corrected chi connectivity index (χ4v) is 5.10. The Bertz CT molecular complexity index is 930. The molecule has 4 heteroatoms. The molecule has 202 valence electrons. The maximum absolute atomic E-state index is 9.20. The molecule has 0 heterocycles. The third-order valence-electron chi connectivity index (χ3n) is 7.55. The summed E-state index contributed by atoms with van der Waals surface area (Å²) >= 11 is 0. The van der Waals surface area contributed by atoms with Crippen LogP contribution < -0.4 is 9.47 Å². The number of aliphatic hydroxyl groups excluding tert-OH is 2. The number of ether oxygens (including phenoxy) is 2. The Morgan fingerprint density at radius 3 is 1.86 bits per heavy atom. The highest BCUT2D eigenvalue weighted by Crippen LogP contribution is 2.39. The van der Waals surface area contributed by atoms with Gasteiger partial charge in [-0.3, -0.25) is 0 Å². The van der Waals surface area contributed by atoms with Crippen molar-refractivity contribution < 1.29 is 19.7 Å². The minimum atomic E-state index is -0.0284. The molecule has 3 rings (SSSR count). The van der Waals surface area contributed by atoms with Gasteiger partial charge in [0.2, 0.25) is 0 Å². The van der Waals surface area contributed by atoms with Crippen molar-refractivity contribution in [2.45, 2.75) is 77.0 Å². The number of benzene rings is 2. The lowest BCUT2D eigenvalue weighted by Crippen LogP contribution is -2.13. The predicted octanol–water partition coefficient (Wildman–Crippen LogP) is 7.84. The first kappa shape index (κ1) is 29.0. The first-order valence-electron chi connectivity index (χ1n) is 14.1. The maximum atomic E-state index is 9.20. The van der Waals surface area contributed by atoms with E-state index in [9.17, 15) is 10.2 Å². The third kappa shape index (κ3) is 9.68. The molecule has 37 heavy (non-hydrogen) atoms. The van der Waals surface area contributed by atoms with Crippen LogP contribution in [0, 0.1) is 5.92 Å². The normalized spacial score (nSPS) is 17.4. The van der Waals surface area contributed by atoms with Crippen LogP contribution in [-0.2, 0) is 0 Å². The largest absolute Gasteiger partial charge is 0.493 e. The summed E-state index contributed by atoms with van der Waals surface area (Å²) in [5.41, 5.74) is 5.12. The van der Waals surface area contributed by atoms with Crippen molar-refractivity contribution in [1.29, 1.82) is 0 Å². The lowest BCUT2D eigenvalue weighted by atomic mass is 9.77. The molecule has 4 nitrogen and oxygen atoms in total. The van der Waals surface area contributed by atoms with Gasteiger partial charge in [0.1, 0.15) is 11.5 Å². The molecule has 1 aliphatic carbocycles. The second-order valence-corrected chi connectivity index (χ2v) is 10.5. The van der Waals surface area contributed by atoms with E-state index in [-0.39, 0.29) is 13.2 Å². The summed E-state index contributed by atoms with van der Waals surface area (Å²) in [5.74, 6) is 3.05. The van der Waals surface area contributed by atoms with Gasteiger partial charge >= 0.3 is 0 Å². The Morgan fingerprint density at radius 1 is 0.784 bits per heavy atom. The van der Waals surface area contributed by atoms with Gasteiger partial charge in [-0.2, -0.15) is 0 Å². The van der Waals surface area contributed by atoms with Crippen LogP contribution in [0.15, 0.2) is 66.8 Å². The highest BCUT2D eigenvalue weighted by Gasteiger charge is 2.22. The summed E-state index contributed by atoms with van der Waals surface area (Å²) in [4.78, 5) is 0. The van der Waals surface area contributed by atoms with Gasteiger partial charge in [-0.1, -0.05) is 70.0 Å². The van der Waals surface area contributed by atoms with Crippen molar-refractivity contribution in [2.24, 2.45) is 5.92 Å². The summed E-state index contributed by atoms with van der Waals surface area (Å²) in [6.45, 7) is 10.8. The molecule has 1 fully saturated rings. The van der Waals surface area contributed by atoms with E-state index in [1.165, 1.54) is 56.9 Å². The number of rotatable bonds is 16. The van der Waals surface area contributed by atoms with Gasteiger partial charge in [0, 0.05) is 18.9 Å². The Labute approximate surface area is 224 Å². The molecule has 1 saturated carbocycles. The monoisotopic (exact) mass is 506 g/mol. The van der Waals surface area contributed by atoms with Gasteiger partial charge in [-0.05, 0) is 77.5 Å². The van der Waals surface area contributed by atoms with Crippen molar-refractivity contribution >= 4 is 0 Å². The Balaban J connectivity index is 1.67. The van der Waals surface area contributed by atoms with Crippen molar-refractivity contribution in [1.82, 2.24) is 0 Å². The maximum Gasteiger partial charge on any atom is 0.123 e. The molecule has 0 unspecified atom stereocenters. The summed E-state index contributed by atoms with van der Waals surface area (Å²) < 4.78 is 12.0. The van der Waals surface area contributed by atoms with E-state index in [1.54, 1.807) is 0 Å². The Hall–Kier alpha value is -2.56. The van der Waals surface area contributed by atoms with Crippen LogP contribution >= 0.6 is 0 Å². The minimum absolute atomic E-state index is 0.0284. The molecule has 2 aromatic carbocycles. The number of hydrogen-bond acceptors (Lipinski definition) is 4. The first-order valence-corrected chi connectivity index (χ1v) is 14.1. The van der Waals surface area contributed by atoms with Crippen LogP contribution in [0.2, 0.25) is 0 Å². The van der Waals surface area contributed by atoms with Crippen LogP contribution in [0.5, 0.6) is 11.5 Å². The van der Waals surface area contributed by atoms with Gasteiger partial charge in [-0.15, -0.1) is 0 Å². The number of hydrogen-bond donors (Lipinski definition) is 2. The quantitative estimate of drug-likeness (QED) is 0.180. The molecule has 2 aromatic rings. The average molecular weight is 507 g/mol. The van der Waals surface area contributed by atoms with Gasteiger partial charge in [0.25, 0.3) is 0 Å². The molecule has 0 saturated heterocycles. The molecular formula is C33H46O4. The molecule has 0 aromatic heterocycles. The zero-order valence-electron chi connectivity index (χ0n) is 22.7. The molecule has 0 amide bonds. The molecule has 0 spiro atoms. The predicted molar refractivity (Wildman–Crippen MR) is 153 cm³/mol. The fraction of sp³-hybridized carbons (Fsp3) is 0.515. The topological polar surface area (TPSA) is 58.9 Å². The Morgan fingerprint density at radius 2 is 1.35 bits per heavy atom. The second-order valence-electron chi connectivity index (χ2n) is 10.5. The lowest BCUT2D eigenvalue weighted by molar-refractivity contribution is 0.285. The zero-order chi connectivity index (χ0) is 26.5. The summed E-state index contributed by atoms with van der Waals surface area (Å²) in [6.07, 6.45) is 12.0. The minimum Gasteiger partial charge on any atom is -0.493 e. The van der Waals surface area contributed by atoms with Crippen LogP contribution in [0.1, 0.15) is 82.6 Å². The zero-order valence-corrected chi connectivity index (χ0v) is 22.7. The van der Waals surface area contributed by atoms with Crippen molar-refractivity contribution in [2.75, 3.05) is 26.4 Å². The van der Waals surface area contributed by atoms with Crippen LogP contribution in [0.25, 0.3) is 11.1 Å². The van der Waals surface area contributed by atoms with Crippen LogP contribution in [0.3, 0.4) is 0 Å². The second kappa shape index (κ2) is 15.6. The van der Waals surface area contributed by atoms with Crippen molar-refractivity contribution in [3.8, 4) is 22.6 Å². The molecule has 2 N–H and O–H groups in total. The Kier molecular flexibility index (Phi) is 12.3. The number of unbranched alkanes of at least 4 members (excludes halogenated alkanes) is 2. The van der Waals surface area contributed by atoms with E-state index in [1.807, 2.05) is 18.2 Å². The smallest absolute Gasteiger partial charge is 0.123 e. The van der Waals surface area contributed by atoms with E-state index in [0.29, 0.717) is 32.0 Å². The van der Waals surface area contributed by atoms with E-state index in [0.717, 1.165) is 39.7 Å². The molecule has 0 bridgehead atoms. The van der Waals surface area contributed by atoms with Gasteiger partial charge in [0.15, 0.2) is 0 Å². The molecule has 0 aliphatic heterocycles. The molecule has 0 atom stereocenters.